The van der Waals surface area contributed by atoms with Gasteiger partial charge in [0.15, 0.2) is 0 Å². The van der Waals surface area contributed by atoms with E-state index in [0.717, 1.165) is 12.4 Å². The van der Waals surface area contributed by atoms with E-state index in [1.807, 2.05) is 0 Å². The standard InChI is InChI=1S/C10H10F3N3O/c11-10(12,13)9-15-4-7(5-16-9)6-1-2-14-8(17)3-6/h4-6H,1-3H2,(H,14,17). The number of halogens is 3. The maximum atomic E-state index is 12.2. The first kappa shape index (κ1) is 11.8. The van der Waals surface area contributed by atoms with Crippen molar-refractivity contribution in [1.82, 2.24) is 15.3 Å². The van der Waals surface area contributed by atoms with Crippen molar-refractivity contribution in [2.75, 3.05) is 6.54 Å². The van der Waals surface area contributed by atoms with E-state index in [1.165, 1.54) is 0 Å². The molecule has 1 aliphatic rings. The lowest BCUT2D eigenvalue weighted by molar-refractivity contribution is -0.145. The van der Waals surface area contributed by atoms with Gasteiger partial charge in [-0.05, 0) is 17.9 Å². The molecule has 1 saturated heterocycles. The predicted molar refractivity (Wildman–Crippen MR) is 52.0 cm³/mol. The Balaban J connectivity index is 2.15. The molecule has 1 N–H and O–H groups in total. The van der Waals surface area contributed by atoms with Gasteiger partial charge in [0.2, 0.25) is 11.7 Å². The number of carbonyl (C=O) groups is 1. The molecule has 1 aromatic heterocycles. The van der Waals surface area contributed by atoms with Gasteiger partial charge in [-0.25, -0.2) is 9.97 Å². The van der Waals surface area contributed by atoms with Crippen LogP contribution in [0.25, 0.3) is 0 Å². The average molecular weight is 245 g/mol. The Kier molecular flexibility index (Phi) is 2.99. The Morgan fingerprint density at radius 1 is 1.29 bits per heavy atom. The molecule has 1 aliphatic heterocycles. The van der Waals surface area contributed by atoms with E-state index in [9.17, 15) is 18.0 Å². The molecule has 1 atom stereocenters. The number of hydrogen-bond acceptors (Lipinski definition) is 3. The molecule has 4 nitrogen and oxygen atoms in total. The van der Waals surface area contributed by atoms with E-state index >= 15 is 0 Å². The van der Waals surface area contributed by atoms with Gasteiger partial charge in [0.05, 0.1) is 0 Å². The summed E-state index contributed by atoms with van der Waals surface area (Å²) in [7, 11) is 0. The van der Waals surface area contributed by atoms with E-state index in [-0.39, 0.29) is 18.2 Å². The topological polar surface area (TPSA) is 54.9 Å². The maximum Gasteiger partial charge on any atom is 0.451 e. The average Bonchev–Trinajstić information content (AvgIpc) is 2.28. The zero-order valence-electron chi connectivity index (χ0n) is 8.79. The van der Waals surface area contributed by atoms with Gasteiger partial charge >= 0.3 is 6.18 Å². The first-order chi connectivity index (χ1) is 7.97. The molecule has 2 heterocycles. The van der Waals surface area contributed by atoms with Crippen LogP contribution in [0.3, 0.4) is 0 Å². The van der Waals surface area contributed by atoms with Crippen molar-refractivity contribution >= 4 is 5.91 Å². The molecule has 0 saturated carbocycles. The minimum atomic E-state index is -4.53. The number of carbonyl (C=O) groups excluding carboxylic acids is 1. The van der Waals surface area contributed by atoms with Crippen molar-refractivity contribution in [3.8, 4) is 0 Å². The highest BCUT2D eigenvalue weighted by molar-refractivity contribution is 5.77. The molecular formula is C10H10F3N3O. The fraction of sp³-hybridized carbons (Fsp3) is 0.500. The number of piperidine rings is 1. The van der Waals surface area contributed by atoms with Crippen molar-refractivity contribution in [1.29, 1.82) is 0 Å². The van der Waals surface area contributed by atoms with Crippen molar-refractivity contribution in [3.05, 3.63) is 23.8 Å². The lowest BCUT2D eigenvalue weighted by Crippen LogP contribution is -2.32. The molecule has 0 bridgehead atoms. The summed E-state index contributed by atoms with van der Waals surface area (Å²) in [6.07, 6.45) is -1.25. The van der Waals surface area contributed by atoms with Crippen LogP contribution >= 0.6 is 0 Å². The first-order valence-electron chi connectivity index (χ1n) is 5.12. The van der Waals surface area contributed by atoms with Gasteiger partial charge in [-0.2, -0.15) is 13.2 Å². The van der Waals surface area contributed by atoms with Crippen LogP contribution in [0, 0.1) is 0 Å². The number of nitrogens with zero attached hydrogens (tertiary/aromatic N) is 2. The van der Waals surface area contributed by atoms with Crippen LogP contribution in [0.2, 0.25) is 0 Å². The zero-order chi connectivity index (χ0) is 12.5. The van der Waals surface area contributed by atoms with Crippen molar-refractivity contribution in [2.24, 2.45) is 0 Å². The van der Waals surface area contributed by atoms with Gasteiger partial charge < -0.3 is 5.32 Å². The molecule has 1 fully saturated rings. The molecule has 0 aromatic carbocycles. The molecule has 1 unspecified atom stereocenters. The summed E-state index contributed by atoms with van der Waals surface area (Å²) in [6, 6.07) is 0. The Morgan fingerprint density at radius 3 is 2.47 bits per heavy atom. The summed E-state index contributed by atoms with van der Waals surface area (Å²) in [5.41, 5.74) is 0.577. The molecule has 7 heteroatoms. The zero-order valence-corrected chi connectivity index (χ0v) is 8.79. The molecule has 0 aliphatic carbocycles. The van der Waals surface area contributed by atoms with Gasteiger partial charge in [-0.3, -0.25) is 4.79 Å². The summed E-state index contributed by atoms with van der Waals surface area (Å²) >= 11 is 0. The Morgan fingerprint density at radius 2 is 1.94 bits per heavy atom. The monoisotopic (exact) mass is 245 g/mol. The molecule has 17 heavy (non-hydrogen) atoms. The van der Waals surface area contributed by atoms with Crippen LogP contribution in [0.5, 0.6) is 0 Å². The van der Waals surface area contributed by atoms with E-state index in [2.05, 4.69) is 15.3 Å². The lowest BCUT2D eigenvalue weighted by atomic mass is 9.92. The third kappa shape index (κ3) is 2.72. The van der Waals surface area contributed by atoms with E-state index in [4.69, 9.17) is 0 Å². The van der Waals surface area contributed by atoms with Crippen LogP contribution in [0.4, 0.5) is 13.2 Å². The number of amides is 1. The Hall–Kier alpha value is -1.66. The minimum Gasteiger partial charge on any atom is -0.356 e. The lowest BCUT2D eigenvalue weighted by Gasteiger charge is -2.21. The molecule has 1 amide bonds. The molecule has 0 radical (unpaired) electrons. The van der Waals surface area contributed by atoms with Crippen molar-refractivity contribution in [2.45, 2.75) is 24.9 Å². The fourth-order valence-corrected chi connectivity index (χ4v) is 1.76. The largest absolute Gasteiger partial charge is 0.451 e. The van der Waals surface area contributed by atoms with Crippen molar-refractivity contribution < 1.29 is 18.0 Å². The Labute approximate surface area is 95.3 Å². The second-order valence-corrected chi connectivity index (χ2v) is 3.88. The Bertz CT molecular complexity index is 416. The number of hydrogen-bond donors (Lipinski definition) is 1. The second-order valence-electron chi connectivity index (χ2n) is 3.88. The van der Waals surface area contributed by atoms with Gasteiger partial charge in [0, 0.05) is 25.4 Å². The molecule has 2 rings (SSSR count). The molecule has 0 spiro atoms. The van der Waals surface area contributed by atoms with Gasteiger partial charge in [-0.15, -0.1) is 0 Å². The summed E-state index contributed by atoms with van der Waals surface area (Å²) in [5.74, 6) is -1.34. The maximum absolute atomic E-state index is 12.2. The predicted octanol–water partition coefficient (Wildman–Crippen LogP) is 1.49. The number of rotatable bonds is 1. The summed E-state index contributed by atoms with van der Waals surface area (Å²) in [4.78, 5) is 17.7. The van der Waals surface area contributed by atoms with Gasteiger partial charge in [0.25, 0.3) is 0 Å². The van der Waals surface area contributed by atoms with Crippen LogP contribution in [0.1, 0.15) is 30.1 Å². The summed E-state index contributed by atoms with van der Waals surface area (Å²) < 4.78 is 36.7. The van der Waals surface area contributed by atoms with E-state index in [1.54, 1.807) is 0 Å². The van der Waals surface area contributed by atoms with E-state index in [0.29, 0.717) is 18.5 Å². The van der Waals surface area contributed by atoms with Crippen molar-refractivity contribution in [3.63, 3.8) is 0 Å². The minimum absolute atomic E-state index is 0.0916. The highest BCUT2D eigenvalue weighted by Crippen LogP contribution is 2.28. The van der Waals surface area contributed by atoms with E-state index < -0.39 is 12.0 Å². The number of aromatic nitrogens is 2. The molecular weight excluding hydrogens is 235 g/mol. The third-order valence-electron chi connectivity index (χ3n) is 2.64. The quantitative estimate of drug-likeness (QED) is 0.815. The highest BCUT2D eigenvalue weighted by atomic mass is 19.4. The number of nitrogens with one attached hydrogen (secondary N) is 1. The SMILES string of the molecule is O=C1CC(c2cnc(C(F)(F)F)nc2)CCN1. The fourth-order valence-electron chi connectivity index (χ4n) is 1.76. The smallest absolute Gasteiger partial charge is 0.356 e. The summed E-state index contributed by atoms with van der Waals surface area (Å²) in [5, 5.41) is 2.66. The van der Waals surface area contributed by atoms with Crippen LogP contribution in [-0.2, 0) is 11.0 Å². The summed E-state index contributed by atoms with van der Waals surface area (Å²) in [6.45, 7) is 0.532. The third-order valence-corrected chi connectivity index (χ3v) is 2.64. The van der Waals surface area contributed by atoms with Gasteiger partial charge in [-0.1, -0.05) is 0 Å². The van der Waals surface area contributed by atoms with Gasteiger partial charge in [0.1, 0.15) is 0 Å². The van der Waals surface area contributed by atoms with Crippen LogP contribution in [0.15, 0.2) is 12.4 Å². The first-order valence-corrected chi connectivity index (χ1v) is 5.12. The normalized spacial score (nSPS) is 21.1. The second kappa shape index (κ2) is 4.31. The molecule has 1 aromatic rings. The van der Waals surface area contributed by atoms with Crippen LogP contribution in [-0.4, -0.2) is 22.4 Å². The highest BCUT2D eigenvalue weighted by Gasteiger charge is 2.34. The number of alkyl halides is 3. The molecule has 92 valence electrons. The van der Waals surface area contributed by atoms with Crippen LogP contribution < -0.4 is 5.32 Å².